The molecular weight excluding hydrogens is 364 g/mol. The van der Waals surface area contributed by atoms with Crippen molar-refractivity contribution in [3.8, 4) is 5.82 Å². The fraction of sp³-hybridized carbons (Fsp3) is 0.263. The van der Waals surface area contributed by atoms with Crippen molar-refractivity contribution in [1.29, 1.82) is 0 Å². The van der Waals surface area contributed by atoms with E-state index in [1.54, 1.807) is 4.68 Å². The molecule has 7 nitrogen and oxygen atoms in total. The molecule has 2 aromatic heterocycles. The zero-order chi connectivity index (χ0) is 19.1. The van der Waals surface area contributed by atoms with Gasteiger partial charge in [-0.05, 0) is 49.2 Å². The van der Waals surface area contributed by atoms with Crippen LogP contribution in [0.25, 0.3) is 5.82 Å². The van der Waals surface area contributed by atoms with Crippen LogP contribution in [-0.2, 0) is 11.2 Å². The van der Waals surface area contributed by atoms with E-state index >= 15 is 0 Å². The molecule has 0 aliphatic heterocycles. The molecule has 3 aromatic rings. The molecule has 0 radical (unpaired) electrons. The first-order chi connectivity index (χ1) is 13.1. The summed E-state index contributed by atoms with van der Waals surface area (Å²) in [5.74, 6) is 1.31. The minimum absolute atomic E-state index is 0.00672. The SMILES string of the molecule is Cc1ccn(-c2ccc(NCCNC(=O)CCc3cccc(Cl)c3)nn2)n1. The highest BCUT2D eigenvalue weighted by atomic mass is 35.5. The molecule has 0 unspecified atom stereocenters. The van der Waals surface area contributed by atoms with Gasteiger partial charge in [0.05, 0.1) is 5.69 Å². The summed E-state index contributed by atoms with van der Waals surface area (Å²) in [6, 6.07) is 13.1. The molecule has 0 saturated carbocycles. The van der Waals surface area contributed by atoms with Gasteiger partial charge in [-0.25, -0.2) is 4.68 Å². The Morgan fingerprint density at radius 3 is 2.74 bits per heavy atom. The number of halogens is 1. The normalized spacial score (nSPS) is 10.6. The molecule has 1 aromatic carbocycles. The highest BCUT2D eigenvalue weighted by Crippen LogP contribution is 2.12. The van der Waals surface area contributed by atoms with E-state index in [2.05, 4.69) is 25.9 Å². The third-order valence-corrected chi connectivity index (χ3v) is 4.13. The molecule has 3 rings (SSSR count). The second kappa shape index (κ2) is 9.14. The van der Waals surface area contributed by atoms with Crippen LogP contribution in [0.5, 0.6) is 0 Å². The zero-order valence-corrected chi connectivity index (χ0v) is 15.8. The number of hydrogen-bond acceptors (Lipinski definition) is 5. The van der Waals surface area contributed by atoms with Gasteiger partial charge in [-0.3, -0.25) is 4.79 Å². The van der Waals surface area contributed by atoms with Crippen LogP contribution < -0.4 is 10.6 Å². The lowest BCUT2D eigenvalue weighted by atomic mass is 10.1. The van der Waals surface area contributed by atoms with Crippen molar-refractivity contribution in [2.24, 2.45) is 0 Å². The first kappa shape index (κ1) is 18.8. The second-order valence-electron chi connectivity index (χ2n) is 6.09. The van der Waals surface area contributed by atoms with Crippen molar-refractivity contribution < 1.29 is 4.79 Å². The van der Waals surface area contributed by atoms with Crippen molar-refractivity contribution >= 4 is 23.3 Å². The Morgan fingerprint density at radius 2 is 2.04 bits per heavy atom. The smallest absolute Gasteiger partial charge is 0.220 e. The largest absolute Gasteiger partial charge is 0.367 e. The second-order valence-corrected chi connectivity index (χ2v) is 6.52. The van der Waals surface area contributed by atoms with Crippen molar-refractivity contribution in [2.75, 3.05) is 18.4 Å². The van der Waals surface area contributed by atoms with E-state index in [-0.39, 0.29) is 5.91 Å². The van der Waals surface area contributed by atoms with Crippen molar-refractivity contribution in [3.63, 3.8) is 0 Å². The first-order valence-corrected chi connectivity index (χ1v) is 9.09. The standard InChI is InChI=1S/C19H21ClN6O/c1-14-9-12-26(25-14)18-7-6-17(23-24-18)21-10-11-22-19(27)8-5-15-3-2-4-16(20)13-15/h2-4,6-7,9,12-13H,5,8,10-11H2,1H3,(H,21,23)(H,22,27). The van der Waals surface area contributed by atoms with Crippen LogP contribution in [-0.4, -0.2) is 39.0 Å². The number of carbonyl (C=O) groups is 1. The molecule has 27 heavy (non-hydrogen) atoms. The fourth-order valence-corrected chi connectivity index (χ4v) is 2.73. The summed E-state index contributed by atoms with van der Waals surface area (Å²) in [4.78, 5) is 11.9. The lowest BCUT2D eigenvalue weighted by Crippen LogP contribution is -2.29. The summed E-state index contributed by atoms with van der Waals surface area (Å²) in [5, 5.41) is 19.2. The summed E-state index contributed by atoms with van der Waals surface area (Å²) in [7, 11) is 0. The molecule has 0 fully saturated rings. The predicted molar refractivity (Wildman–Crippen MR) is 105 cm³/mol. The third-order valence-electron chi connectivity index (χ3n) is 3.89. The topological polar surface area (TPSA) is 84.7 Å². The molecule has 0 aliphatic rings. The average Bonchev–Trinajstić information content (AvgIpc) is 3.10. The molecule has 0 atom stereocenters. The Balaban J connectivity index is 1.36. The maximum Gasteiger partial charge on any atom is 0.220 e. The van der Waals surface area contributed by atoms with Gasteiger partial charge < -0.3 is 10.6 Å². The molecule has 8 heteroatoms. The molecule has 140 valence electrons. The Hall–Kier alpha value is -2.93. The number of anilines is 1. The molecule has 0 saturated heterocycles. The maximum absolute atomic E-state index is 11.9. The van der Waals surface area contributed by atoms with Crippen LogP contribution in [0.1, 0.15) is 17.7 Å². The van der Waals surface area contributed by atoms with Gasteiger partial charge >= 0.3 is 0 Å². The van der Waals surface area contributed by atoms with Crippen LogP contribution in [0.15, 0.2) is 48.7 Å². The number of nitrogens with zero attached hydrogens (tertiary/aromatic N) is 4. The Kier molecular flexibility index (Phi) is 6.38. The molecule has 2 heterocycles. The van der Waals surface area contributed by atoms with Gasteiger partial charge in [0.25, 0.3) is 0 Å². The van der Waals surface area contributed by atoms with Gasteiger partial charge in [0.15, 0.2) is 5.82 Å². The van der Waals surface area contributed by atoms with Crippen molar-refractivity contribution in [3.05, 3.63) is 64.9 Å². The van der Waals surface area contributed by atoms with Crippen LogP contribution in [0.4, 0.5) is 5.82 Å². The summed E-state index contributed by atoms with van der Waals surface area (Å²) in [6.45, 7) is 3.00. The van der Waals surface area contributed by atoms with Crippen molar-refractivity contribution in [2.45, 2.75) is 19.8 Å². The minimum atomic E-state index is 0.00672. The van der Waals surface area contributed by atoms with E-state index in [4.69, 9.17) is 11.6 Å². The van der Waals surface area contributed by atoms with E-state index in [1.807, 2.05) is 55.6 Å². The van der Waals surface area contributed by atoms with Gasteiger partial charge in [0.2, 0.25) is 5.91 Å². The number of hydrogen-bond donors (Lipinski definition) is 2. The van der Waals surface area contributed by atoms with Crippen LogP contribution in [0.2, 0.25) is 5.02 Å². The van der Waals surface area contributed by atoms with Gasteiger partial charge in [-0.1, -0.05) is 23.7 Å². The number of rotatable bonds is 8. The van der Waals surface area contributed by atoms with Crippen LogP contribution in [0, 0.1) is 6.92 Å². The third kappa shape index (κ3) is 5.79. The van der Waals surface area contributed by atoms with E-state index in [0.29, 0.717) is 42.6 Å². The van der Waals surface area contributed by atoms with E-state index in [1.165, 1.54) is 0 Å². The summed E-state index contributed by atoms with van der Waals surface area (Å²) in [6.07, 6.45) is 2.93. The Morgan fingerprint density at radius 1 is 1.15 bits per heavy atom. The van der Waals surface area contributed by atoms with Gasteiger partial charge in [0, 0.05) is 30.7 Å². The van der Waals surface area contributed by atoms with Gasteiger partial charge in [0.1, 0.15) is 5.82 Å². The maximum atomic E-state index is 11.9. The average molecular weight is 385 g/mol. The summed E-state index contributed by atoms with van der Waals surface area (Å²) >= 11 is 5.94. The molecule has 1 amide bonds. The lowest BCUT2D eigenvalue weighted by molar-refractivity contribution is -0.120. The summed E-state index contributed by atoms with van der Waals surface area (Å²) < 4.78 is 1.67. The van der Waals surface area contributed by atoms with Crippen molar-refractivity contribution in [1.82, 2.24) is 25.3 Å². The number of nitrogens with one attached hydrogen (secondary N) is 2. The van der Waals surface area contributed by atoms with E-state index in [0.717, 1.165) is 11.3 Å². The molecular formula is C19H21ClN6O. The fourth-order valence-electron chi connectivity index (χ4n) is 2.52. The monoisotopic (exact) mass is 384 g/mol. The van der Waals surface area contributed by atoms with E-state index in [9.17, 15) is 4.79 Å². The zero-order valence-electron chi connectivity index (χ0n) is 15.0. The van der Waals surface area contributed by atoms with Gasteiger partial charge in [-0.2, -0.15) is 5.10 Å². The Labute approximate surface area is 162 Å². The molecule has 2 N–H and O–H groups in total. The molecule has 0 bridgehead atoms. The quantitative estimate of drug-likeness (QED) is 0.583. The highest BCUT2D eigenvalue weighted by Gasteiger charge is 2.04. The number of amides is 1. The number of aromatic nitrogens is 4. The Bertz CT molecular complexity index is 893. The predicted octanol–water partition coefficient (Wildman–Crippen LogP) is 2.79. The summed E-state index contributed by atoms with van der Waals surface area (Å²) in [5.41, 5.74) is 1.98. The molecule has 0 spiro atoms. The van der Waals surface area contributed by atoms with Crippen LogP contribution >= 0.6 is 11.6 Å². The minimum Gasteiger partial charge on any atom is -0.367 e. The van der Waals surface area contributed by atoms with E-state index < -0.39 is 0 Å². The number of carbonyl (C=O) groups excluding carboxylic acids is 1. The van der Waals surface area contributed by atoms with Crippen LogP contribution in [0.3, 0.4) is 0 Å². The highest BCUT2D eigenvalue weighted by molar-refractivity contribution is 6.30. The van der Waals surface area contributed by atoms with Gasteiger partial charge in [-0.15, -0.1) is 10.2 Å². The number of aryl methyl sites for hydroxylation is 2. The lowest BCUT2D eigenvalue weighted by Gasteiger charge is -2.08. The molecule has 0 aliphatic carbocycles. The first-order valence-electron chi connectivity index (χ1n) is 8.71. The number of benzene rings is 1.